The first-order valence-electron chi connectivity index (χ1n) is 7.49. The first-order valence-corrected chi connectivity index (χ1v) is 7.49. The summed E-state index contributed by atoms with van der Waals surface area (Å²) in [6.45, 7) is 5.80. The zero-order valence-corrected chi connectivity index (χ0v) is 12.3. The maximum atomic E-state index is 12.8. The number of fused-ring (bicyclic) bond motifs is 1. The van der Waals surface area contributed by atoms with Gasteiger partial charge in [0.05, 0.1) is 17.3 Å². The molecular weight excluding hydrogens is 250 g/mol. The van der Waals surface area contributed by atoms with E-state index in [1.807, 2.05) is 17.0 Å². The Kier molecular flexibility index (Phi) is 3.66. The molecule has 1 fully saturated rings. The van der Waals surface area contributed by atoms with Crippen LogP contribution in [0.1, 0.15) is 13.3 Å². The summed E-state index contributed by atoms with van der Waals surface area (Å²) in [5, 5.41) is 3.29. The Balaban J connectivity index is 1.95. The number of benzene rings is 1. The number of anilines is 2. The van der Waals surface area contributed by atoms with Crippen molar-refractivity contribution < 1.29 is 4.79 Å². The van der Waals surface area contributed by atoms with E-state index in [4.69, 9.17) is 0 Å². The van der Waals surface area contributed by atoms with E-state index in [1.165, 1.54) is 0 Å². The minimum atomic E-state index is 0.138. The highest BCUT2D eigenvalue weighted by atomic mass is 16.2. The smallest absolute Gasteiger partial charge is 0.231 e. The molecule has 1 saturated heterocycles. The Bertz CT molecular complexity index is 496. The van der Waals surface area contributed by atoms with Crippen molar-refractivity contribution >= 4 is 17.3 Å². The molecule has 1 amide bonds. The fourth-order valence-corrected chi connectivity index (χ4v) is 3.34. The average Bonchev–Trinajstić information content (AvgIpc) is 2.94. The fourth-order valence-electron chi connectivity index (χ4n) is 3.34. The van der Waals surface area contributed by atoms with Gasteiger partial charge in [-0.05, 0) is 31.0 Å². The van der Waals surface area contributed by atoms with Gasteiger partial charge in [0.15, 0.2) is 0 Å². The highest BCUT2D eigenvalue weighted by Gasteiger charge is 2.32. The van der Waals surface area contributed by atoms with Crippen LogP contribution in [0.5, 0.6) is 0 Å². The van der Waals surface area contributed by atoms with Crippen molar-refractivity contribution in [1.82, 2.24) is 5.32 Å². The lowest BCUT2D eigenvalue weighted by molar-refractivity contribution is -0.121. The van der Waals surface area contributed by atoms with E-state index in [0.29, 0.717) is 5.92 Å². The second-order valence-corrected chi connectivity index (χ2v) is 6.11. The number of nitrogens with zero attached hydrogens (tertiary/aromatic N) is 2. The summed E-state index contributed by atoms with van der Waals surface area (Å²) in [4.78, 5) is 17.1. The predicted octanol–water partition coefficient (Wildman–Crippen LogP) is 1.71. The van der Waals surface area contributed by atoms with Crippen molar-refractivity contribution in [1.29, 1.82) is 0 Å². The molecule has 1 aromatic rings. The molecule has 1 aromatic carbocycles. The summed E-state index contributed by atoms with van der Waals surface area (Å²) >= 11 is 0. The zero-order valence-electron chi connectivity index (χ0n) is 12.3. The van der Waals surface area contributed by atoms with Crippen LogP contribution in [-0.2, 0) is 4.79 Å². The molecule has 2 atom stereocenters. The van der Waals surface area contributed by atoms with E-state index in [0.717, 1.165) is 44.0 Å². The predicted molar refractivity (Wildman–Crippen MR) is 82.2 cm³/mol. The number of hydrogen-bond donors (Lipinski definition) is 1. The van der Waals surface area contributed by atoms with Gasteiger partial charge in [-0.15, -0.1) is 0 Å². The Morgan fingerprint density at radius 2 is 2.00 bits per heavy atom. The summed E-state index contributed by atoms with van der Waals surface area (Å²) in [5.41, 5.74) is 2.23. The van der Waals surface area contributed by atoms with Crippen molar-refractivity contribution in [3.63, 3.8) is 0 Å². The molecule has 0 spiro atoms. The van der Waals surface area contributed by atoms with Crippen LogP contribution in [0.4, 0.5) is 11.4 Å². The molecule has 0 radical (unpaired) electrons. The molecule has 2 aliphatic heterocycles. The Morgan fingerprint density at radius 3 is 2.70 bits per heavy atom. The standard InChI is InChI=1S/C16H23N3O/c1-12-10-18(2)14-5-3-4-6-15(14)19(11-12)16(20)13-7-8-17-9-13/h3-6,12-13,17H,7-11H2,1-2H3/t12-,13-/m0/s1. The van der Waals surface area contributed by atoms with Crippen molar-refractivity contribution in [3.8, 4) is 0 Å². The van der Waals surface area contributed by atoms with Crippen LogP contribution in [0.3, 0.4) is 0 Å². The average molecular weight is 273 g/mol. The van der Waals surface area contributed by atoms with Gasteiger partial charge in [0.1, 0.15) is 0 Å². The number of carbonyl (C=O) groups is 1. The van der Waals surface area contributed by atoms with Crippen LogP contribution in [0.25, 0.3) is 0 Å². The maximum Gasteiger partial charge on any atom is 0.231 e. The van der Waals surface area contributed by atoms with Crippen LogP contribution < -0.4 is 15.1 Å². The van der Waals surface area contributed by atoms with Gasteiger partial charge in [-0.2, -0.15) is 0 Å². The van der Waals surface area contributed by atoms with Crippen molar-refractivity contribution in [2.24, 2.45) is 11.8 Å². The van der Waals surface area contributed by atoms with Gasteiger partial charge in [-0.25, -0.2) is 0 Å². The maximum absolute atomic E-state index is 12.8. The SMILES string of the molecule is C[C@H]1CN(C)c2ccccc2N(C(=O)[C@H]2CCNC2)C1. The molecule has 2 aliphatic rings. The first-order chi connectivity index (χ1) is 9.66. The number of carbonyl (C=O) groups excluding carboxylic acids is 1. The third-order valence-electron chi connectivity index (χ3n) is 4.34. The Labute approximate surface area is 120 Å². The van der Waals surface area contributed by atoms with Crippen LogP contribution in [0.15, 0.2) is 24.3 Å². The van der Waals surface area contributed by atoms with Gasteiger partial charge in [0, 0.05) is 26.7 Å². The molecule has 108 valence electrons. The van der Waals surface area contributed by atoms with Crippen LogP contribution in [0.2, 0.25) is 0 Å². The van der Waals surface area contributed by atoms with Crippen molar-refractivity contribution in [3.05, 3.63) is 24.3 Å². The van der Waals surface area contributed by atoms with Crippen LogP contribution in [-0.4, -0.2) is 39.1 Å². The van der Waals surface area contributed by atoms with E-state index in [9.17, 15) is 4.79 Å². The third-order valence-corrected chi connectivity index (χ3v) is 4.34. The first kappa shape index (κ1) is 13.4. The molecule has 1 N–H and O–H groups in total. The van der Waals surface area contributed by atoms with Gasteiger partial charge < -0.3 is 15.1 Å². The monoisotopic (exact) mass is 273 g/mol. The zero-order chi connectivity index (χ0) is 14.1. The number of nitrogens with one attached hydrogen (secondary N) is 1. The van der Waals surface area contributed by atoms with Gasteiger partial charge >= 0.3 is 0 Å². The summed E-state index contributed by atoms with van der Waals surface area (Å²) in [6, 6.07) is 8.26. The van der Waals surface area contributed by atoms with E-state index in [-0.39, 0.29) is 11.8 Å². The van der Waals surface area contributed by atoms with E-state index in [2.05, 4.69) is 36.3 Å². The van der Waals surface area contributed by atoms with E-state index >= 15 is 0 Å². The highest BCUT2D eigenvalue weighted by Crippen LogP contribution is 2.33. The number of hydrogen-bond acceptors (Lipinski definition) is 3. The molecule has 2 heterocycles. The van der Waals surface area contributed by atoms with Gasteiger partial charge in [0.2, 0.25) is 5.91 Å². The largest absolute Gasteiger partial charge is 0.373 e. The van der Waals surface area contributed by atoms with Crippen molar-refractivity contribution in [2.45, 2.75) is 13.3 Å². The summed E-state index contributed by atoms with van der Waals surface area (Å²) < 4.78 is 0. The molecule has 0 unspecified atom stereocenters. The number of para-hydroxylation sites is 2. The van der Waals surface area contributed by atoms with Crippen molar-refractivity contribution in [2.75, 3.05) is 43.0 Å². The summed E-state index contributed by atoms with van der Waals surface area (Å²) in [6.07, 6.45) is 0.960. The molecule has 0 aliphatic carbocycles. The number of amides is 1. The second kappa shape index (κ2) is 5.44. The second-order valence-electron chi connectivity index (χ2n) is 6.11. The molecule has 4 nitrogen and oxygen atoms in total. The molecule has 3 rings (SSSR count). The van der Waals surface area contributed by atoms with Gasteiger partial charge in [-0.1, -0.05) is 19.1 Å². The molecule has 4 heteroatoms. The van der Waals surface area contributed by atoms with Gasteiger partial charge in [0.25, 0.3) is 0 Å². The Morgan fingerprint density at radius 1 is 1.25 bits per heavy atom. The van der Waals surface area contributed by atoms with Crippen LogP contribution in [0, 0.1) is 11.8 Å². The van der Waals surface area contributed by atoms with Gasteiger partial charge in [-0.3, -0.25) is 4.79 Å². The lowest BCUT2D eigenvalue weighted by atomic mass is 10.1. The summed E-state index contributed by atoms with van der Waals surface area (Å²) in [7, 11) is 2.11. The fraction of sp³-hybridized carbons (Fsp3) is 0.562. The molecule has 20 heavy (non-hydrogen) atoms. The van der Waals surface area contributed by atoms with Crippen LogP contribution >= 0.6 is 0 Å². The Hall–Kier alpha value is -1.55. The topological polar surface area (TPSA) is 35.6 Å². The lowest BCUT2D eigenvalue weighted by Gasteiger charge is -2.27. The molecular formula is C16H23N3O. The quantitative estimate of drug-likeness (QED) is 0.846. The minimum Gasteiger partial charge on any atom is -0.373 e. The third kappa shape index (κ3) is 2.40. The minimum absolute atomic E-state index is 0.138. The summed E-state index contributed by atoms with van der Waals surface area (Å²) in [5.74, 6) is 0.897. The molecule has 0 saturated carbocycles. The van der Waals surface area contributed by atoms with E-state index in [1.54, 1.807) is 0 Å². The highest BCUT2D eigenvalue weighted by molar-refractivity contribution is 5.98. The molecule has 0 aromatic heterocycles. The van der Waals surface area contributed by atoms with E-state index < -0.39 is 0 Å². The lowest BCUT2D eigenvalue weighted by Crippen LogP contribution is -2.39. The molecule has 0 bridgehead atoms. The normalized spacial score (nSPS) is 26.3. The number of rotatable bonds is 1.